The van der Waals surface area contributed by atoms with Crippen molar-refractivity contribution in [2.75, 3.05) is 19.4 Å². The molecule has 0 saturated carbocycles. The van der Waals surface area contributed by atoms with Crippen LogP contribution in [0.25, 0.3) is 0 Å². The topological polar surface area (TPSA) is 94.1 Å². The van der Waals surface area contributed by atoms with Gasteiger partial charge in [0.1, 0.15) is 11.8 Å². The van der Waals surface area contributed by atoms with Gasteiger partial charge in [0.05, 0.1) is 18.7 Å². The summed E-state index contributed by atoms with van der Waals surface area (Å²) in [5.41, 5.74) is -4.26. The van der Waals surface area contributed by atoms with Gasteiger partial charge in [0.15, 0.2) is 5.75 Å². The molecule has 2 N–H and O–H groups in total. The highest BCUT2D eigenvalue weighted by atomic mass is 31.2. The Hall–Kier alpha value is -1.82. The molecule has 27 heavy (non-hydrogen) atoms. The second kappa shape index (κ2) is 8.91. The van der Waals surface area contributed by atoms with Crippen LogP contribution in [0.5, 0.6) is 5.75 Å². The normalized spacial score (nSPS) is 14.5. The van der Waals surface area contributed by atoms with Crippen LogP contribution in [0.3, 0.4) is 0 Å². The van der Waals surface area contributed by atoms with Crippen molar-refractivity contribution in [3.05, 3.63) is 29.3 Å². The van der Waals surface area contributed by atoms with E-state index in [1.807, 2.05) is 0 Å². The van der Waals surface area contributed by atoms with Crippen LogP contribution in [0.15, 0.2) is 18.2 Å². The average Bonchev–Trinajstić information content (AvgIpc) is 2.51. The molecule has 0 aliphatic rings. The fourth-order valence-electron chi connectivity index (χ4n) is 1.77. The van der Waals surface area contributed by atoms with E-state index in [0.29, 0.717) is 12.1 Å². The fraction of sp³-hybridized carbons (Fsp3) is 0.462. The van der Waals surface area contributed by atoms with E-state index in [2.05, 4.69) is 19.6 Å². The summed E-state index contributed by atoms with van der Waals surface area (Å²) in [4.78, 5) is 24.5. The third kappa shape index (κ3) is 7.37. The summed E-state index contributed by atoms with van der Waals surface area (Å²) in [5.74, 6) is -2.23. The molecule has 0 bridgehead atoms. The minimum absolute atomic E-state index is 0.0483. The van der Waals surface area contributed by atoms with Crippen molar-refractivity contribution in [3.63, 3.8) is 0 Å². The van der Waals surface area contributed by atoms with E-state index in [-0.39, 0.29) is 12.7 Å². The molecule has 0 spiro atoms. The van der Waals surface area contributed by atoms with Crippen molar-refractivity contribution in [3.8, 4) is 5.75 Å². The number of hydrogen-bond donors (Lipinski definition) is 2. The zero-order chi connectivity index (χ0) is 20.9. The third-order valence-electron chi connectivity index (χ3n) is 2.74. The van der Waals surface area contributed by atoms with Crippen LogP contribution in [-0.4, -0.2) is 30.3 Å². The molecule has 0 radical (unpaired) electrons. The van der Waals surface area contributed by atoms with Crippen LogP contribution in [0.2, 0.25) is 0 Å². The second-order valence-corrected chi connectivity index (χ2v) is 6.60. The maximum atomic E-state index is 13.0. The molecule has 0 heterocycles. The van der Waals surface area contributed by atoms with Gasteiger partial charge in [0.2, 0.25) is 0 Å². The first-order valence-corrected chi connectivity index (χ1v) is 8.86. The van der Waals surface area contributed by atoms with Crippen LogP contribution in [0, 0.1) is 0 Å². The van der Waals surface area contributed by atoms with Gasteiger partial charge in [-0.3, -0.25) is 14.7 Å². The lowest BCUT2D eigenvalue weighted by Crippen LogP contribution is -2.26. The molecule has 1 aromatic rings. The molecule has 1 atom stereocenters. The fourth-order valence-corrected chi connectivity index (χ4v) is 2.41. The smallest absolute Gasteiger partial charge is 0.420 e. The number of hydrogen-bond acceptors (Lipinski definition) is 6. The molecule has 154 valence electrons. The molecular formula is C13H14F6NO6P. The van der Waals surface area contributed by atoms with Gasteiger partial charge in [-0.15, -0.1) is 0 Å². The molecule has 0 aliphatic heterocycles. The van der Waals surface area contributed by atoms with E-state index in [1.54, 1.807) is 0 Å². The molecule has 1 unspecified atom stereocenters. The summed E-state index contributed by atoms with van der Waals surface area (Å²) in [6.07, 6.45) is -11.8. The van der Waals surface area contributed by atoms with Crippen molar-refractivity contribution < 1.29 is 54.9 Å². The van der Waals surface area contributed by atoms with Gasteiger partial charge in [-0.2, -0.15) is 26.3 Å². The zero-order valence-corrected chi connectivity index (χ0v) is 14.5. The first kappa shape index (κ1) is 23.2. The molecule has 7 nitrogen and oxygen atoms in total. The standard InChI is InChI=1S/C13H14F6NO6P/c1-2-24-10(21)6-20-7-27(22,23)26-25-9-5-3-4-8(12(14,15)16)11(9)13(17,18)19/h3-5,20H,2,6-7H2,1H3,(H,22,23). The predicted molar refractivity (Wildman–Crippen MR) is 77.5 cm³/mol. The van der Waals surface area contributed by atoms with E-state index < -0.39 is 55.6 Å². The minimum Gasteiger partial charge on any atom is -0.465 e. The van der Waals surface area contributed by atoms with Gasteiger partial charge in [0, 0.05) is 0 Å². The first-order chi connectivity index (χ1) is 12.3. The van der Waals surface area contributed by atoms with E-state index in [4.69, 9.17) is 0 Å². The number of alkyl halides is 6. The summed E-state index contributed by atoms with van der Waals surface area (Å²) in [5, 5.41) is 2.13. The monoisotopic (exact) mass is 425 g/mol. The number of carbonyl (C=O) groups excluding carboxylic acids is 1. The van der Waals surface area contributed by atoms with Crippen molar-refractivity contribution >= 4 is 13.6 Å². The van der Waals surface area contributed by atoms with Gasteiger partial charge in [-0.25, -0.2) is 0 Å². The lowest BCUT2D eigenvalue weighted by Gasteiger charge is -2.19. The molecule has 0 fully saturated rings. The van der Waals surface area contributed by atoms with E-state index in [9.17, 15) is 40.6 Å². The quantitative estimate of drug-likeness (QED) is 0.217. The number of esters is 1. The van der Waals surface area contributed by atoms with Crippen molar-refractivity contribution in [1.29, 1.82) is 0 Å². The second-order valence-electron chi connectivity index (χ2n) is 4.86. The number of benzene rings is 1. The van der Waals surface area contributed by atoms with Crippen molar-refractivity contribution in [2.24, 2.45) is 0 Å². The summed E-state index contributed by atoms with van der Waals surface area (Å²) in [7, 11) is -4.75. The van der Waals surface area contributed by atoms with Crippen LogP contribution >= 0.6 is 7.60 Å². The minimum atomic E-state index is -5.48. The summed E-state index contributed by atoms with van der Waals surface area (Å²) in [6.45, 7) is 1.05. The summed E-state index contributed by atoms with van der Waals surface area (Å²) < 4.78 is 97.5. The zero-order valence-electron chi connectivity index (χ0n) is 13.6. The number of ether oxygens (including phenoxy) is 1. The van der Waals surface area contributed by atoms with Crippen LogP contribution in [-0.2, 0) is 31.1 Å². The van der Waals surface area contributed by atoms with Crippen molar-refractivity contribution in [2.45, 2.75) is 19.3 Å². The highest BCUT2D eigenvalue weighted by Gasteiger charge is 2.46. The Labute approximate surface area is 148 Å². The molecule has 1 aromatic carbocycles. The van der Waals surface area contributed by atoms with Crippen molar-refractivity contribution in [1.82, 2.24) is 5.32 Å². The number of nitrogens with one attached hydrogen (secondary N) is 1. The van der Waals surface area contributed by atoms with Crippen LogP contribution in [0.4, 0.5) is 26.3 Å². The number of rotatable bonds is 8. The Kier molecular flexibility index (Phi) is 7.66. The highest BCUT2D eigenvalue weighted by molar-refractivity contribution is 7.52. The van der Waals surface area contributed by atoms with Gasteiger partial charge in [-0.1, -0.05) is 10.7 Å². The summed E-state index contributed by atoms with van der Waals surface area (Å²) >= 11 is 0. The summed E-state index contributed by atoms with van der Waals surface area (Å²) in [6, 6.07) is 1.28. The molecule has 0 aromatic heterocycles. The van der Waals surface area contributed by atoms with Gasteiger partial charge < -0.3 is 14.5 Å². The van der Waals surface area contributed by atoms with E-state index in [0.717, 1.165) is 0 Å². The maximum Gasteiger partial charge on any atom is 0.420 e. The lowest BCUT2D eigenvalue weighted by atomic mass is 10.1. The SMILES string of the molecule is CCOC(=O)CNCP(=O)(O)OOc1cccc(C(F)(F)F)c1C(F)(F)F. The van der Waals surface area contributed by atoms with Gasteiger partial charge in [0.25, 0.3) is 0 Å². The predicted octanol–water partition coefficient (Wildman–Crippen LogP) is 3.33. The number of halogens is 6. The van der Waals surface area contributed by atoms with Crippen LogP contribution in [0.1, 0.15) is 18.1 Å². The molecule has 1 rings (SSSR count). The first-order valence-electron chi connectivity index (χ1n) is 7.09. The lowest BCUT2D eigenvalue weighted by molar-refractivity contribution is -0.170. The van der Waals surface area contributed by atoms with Gasteiger partial charge >= 0.3 is 25.9 Å². The van der Waals surface area contributed by atoms with Gasteiger partial charge in [-0.05, 0) is 19.1 Å². The molecule has 0 saturated heterocycles. The Morgan fingerprint density at radius 3 is 2.33 bits per heavy atom. The molecule has 0 amide bonds. The number of carbonyl (C=O) groups is 1. The Balaban J connectivity index is 2.90. The highest BCUT2D eigenvalue weighted by Crippen LogP contribution is 2.47. The molecule has 14 heteroatoms. The Morgan fingerprint density at radius 1 is 1.19 bits per heavy atom. The van der Waals surface area contributed by atoms with Crippen LogP contribution < -0.4 is 10.2 Å². The van der Waals surface area contributed by atoms with E-state index >= 15 is 0 Å². The Bertz CT molecular complexity index is 708. The largest absolute Gasteiger partial charge is 0.465 e. The maximum absolute atomic E-state index is 13.0. The third-order valence-corrected chi connectivity index (χ3v) is 3.68. The average molecular weight is 425 g/mol. The molecule has 0 aliphatic carbocycles. The van der Waals surface area contributed by atoms with E-state index in [1.165, 1.54) is 6.92 Å². The molecular weight excluding hydrogens is 411 g/mol. The Morgan fingerprint density at radius 2 is 1.81 bits per heavy atom.